The molecule has 1 aromatic heterocycles. The molecule has 1 aliphatic heterocycles. The van der Waals surface area contributed by atoms with Gasteiger partial charge in [0.15, 0.2) is 0 Å². The van der Waals surface area contributed by atoms with Crippen LogP contribution in [0.4, 0.5) is 10.5 Å². The minimum Gasteiger partial charge on any atom is -0.481 e. The smallest absolute Gasteiger partial charge is 0.405 e. The molecule has 3 N–H and O–H groups in total. The number of carboxylic acid groups (broad SMARTS) is 1. The summed E-state index contributed by atoms with van der Waals surface area (Å²) in [5, 5.41) is 15.2. The van der Waals surface area contributed by atoms with Crippen molar-refractivity contribution in [1.29, 1.82) is 0 Å². The van der Waals surface area contributed by atoms with Gasteiger partial charge in [-0.15, -0.1) is 0 Å². The van der Waals surface area contributed by atoms with Gasteiger partial charge in [-0.2, -0.15) is 0 Å². The van der Waals surface area contributed by atoms with Crippen molar-refractivity contribution in [2.75, 3.05) is 12.4 Å². The Morgan fingerprint density at radius 2 is 2.30 bits per heavy atom. The maximum absolute atomic E-state index is 11.1. The Morgan fingerprint density at radius 3 is 2.90 bits per heavy atom. The maximum Gasteiger partial charge on any atom is 0.405 e. The molecule has 0 radical (unpaired) electrons. The summed E-state index contributed by atoms with van der Waals surface area (Å²) in [4.78, 5) is 15.3. The molecular formula is C14H19N3O3. The zero-order chi connectivity index (χ0) is 14.3. The number of hydrogen-bond acceptors (Lipinski definition) is 4. The molecule has 0 bridgehead atoms. The second-order valence-corrected chi connectivity index (χ2v) is 5.61. The molecule has 0 unspecified atom stereocenters. The first-order chi connectivity index (χ1) is 9.60. The largest absolute Gasteiger partial charge is 0.481 e. The summed E-state index contributed by atoms with van der Waals surface area (Å²) in [5.74, 6) is 1.37. The lowest BCUT2D eigenvalue weighted by Gasteiger charge is -2.38. The van der Waals surface area contributed by atoms with Crippen molar-refractivity contribution in [2.45, 2.75) is 31.8 Å². The van der Waals surface area contributed by atoms with E-state index < -0.39 is 6.09 Å². The minimum atomic E-state index is -1.000. The standard InChI is InChI=1S/C14H19N3O3/c1-7-12(8-3-4-8)16-10-5-11(20-2)15-6-9(10)13(7)17-14(18)19/h5-8,12-13,16-17H,3-4H2,1-2H3,(H,18,19)/t7-,12+,13+/m0/s1. The van der Waals surface area contributed by atoms with E-state index in [1.807, 2.05) is 6.07 Å². The highest BCUT2D eigenvalue weighted by molar-refractivity contribution is 5.67. The summed E-state index contributed by atoms with van der Waals surface area (Å²) in [6.45, 7) is 2.09. The highest BCUT2D eigenvalue weighted by Crippen LogP contribution is 2.45. The molecule has 1 amide bonds. The number of hydrogen-bond donors (Lipinski definition) is 3. The molecule has 1 fully saturated rings. The van der Waals surface area contributed by atoms with Crippen molar-refractivity contribution in [3.05, 3.63) is 17.8 Å². The number of anilines is 1. The van der Waals surface area contributed by atoms with Crippen molar-refractivity contribution in [3.8, 4) is 5.88 Å². The quantitative estimate of drug-likeness (QED) is 0.789. The summed E-state index contributed by atoms with van der Waals surface area (Å²) in [7, 11) is 1.57. The van der Waals surface area contributed by atoms with Crippen LogP contribution in [-0.2, 0) is 0 Å². The van der Waals surface area contributed by atoms with Gasteiger partial charge in [-0.3, -0.25) is 0 Å². The summed E-state index contributed by atoms with van der Waals surface area (Å²) >= 11 is 0. The van der Waals surface area contributed by atoms with Gasteiger partial charge in [0.25, 0.3) is 0 Å². The fraction of sp³-hybridized carbons (Fsp3) is 0.571. The van der Waals surface area contributed by atoms with Crippen LogP contribution < -0.4 is 15.4 Å². The lowest BCUT2D eigenvalue weighted by atomic mass is 9.82. The molecule has 6 heteroatoms. The number of amides is 1. The van der Waals surface area contributed by atoms with E-state index in [2.05, 4.69) is 22.5 Å². The molecular weight excluding hydrogens is 258 g/mol. The third kappa shape index (κ3) is 2.26. The maximum atomic E-state index is 11.1. The fourth-order valence-corrected chi connectivity index (χ4v) is 3.08. The third-order valence-corrected chi connectivity index (χ3v) is 4.28. The first kappa shape index (κ1) is 13.0. The highest BCUT2D eigenvalue weighted by atomic mass is 16.5. The van der Waals surface area contributed by atoms with Crippen LogP contribution in [0.1, 0.15) is 31.4 Å². The number of nitrogens with one attached hydrogen (secondary N) is 2. The molecule has 3 rings (SSSR count). The third-order valence-electron chi connectivity index (χ3n) is 4.28. The monoisotopic (exact) mass is 277 g/mol. The predicted molar refractivity (Wildman–Crippen MR) is 74.0 cm³/mol. The van der Waals surface area contributed by atoms with Gasteiger partial charge in [-0.25, -0.2) is 9.78 Å². The van der Waals surface area contributed by atoms with Gasteiger partial charge in [0.05, 0.1) is 13.2 Å². The average Bonchev–Trinajstić information content (AvgIpc) is 3.25. The summed E-state index contributed by atoms with van der Waals surface area (Å²) in [5.41, 5.74) is 1.81. The number of nitrogens with zero attached hydrogens (tertiary/aromatic N) is 1. The summed E-state index contributed by atoms with van der Waals surface area (Å²) < 4.78 is 5.15. The van der Waals surface area contributed by atoms with E-state index in [1.54, 1.807) is 13.3 Å². The number of fused-ring (bicyclic) bond motifs is 1. The molecule has 2 aliphatic rings. The lowest BCUT2D eigenvalue weighted by Crippen LogP contribution is -2.44. The van der Waals surface area contributed by atoms with Crippen LogP contribution in [0, 0.1) is 11.8 Å². The number of methoxy groups -OCH3 is 1. The predicted octanol–water partition coefficient (Wildman–Crippen LogP) is 2.24. The number of pyridine rings is 1. The molecule has 0 spiro atoms. The Kier molecular flexibility index (Phi) is 3.16. The van der Waals surface area contributed by atoms with Gasteiger partial charge in [0, 0.05) is 35.5 Å². The van der Waals surface area contributed by atoms with Crippen LogP contribution in [0.5, 0.6) is 5.88 Å². The summed E-state index contributed by atoms with van der Waals surface area (Å²) in [6, 6.07) is 1.91. The molecule has 1 aliphatic carbocycles. The van der Waals surface area contributed by atoms with E-state index in [1.165, 1.54) is 12.8 Å². The van der Waals surface area contributed by atoms with Gasteiger partial charge >= 0.3 is 6.09 Å². The van der Waals surface area contributed by atoms with Crippen LogP contribution >= 0.6 is 0 Å². The Bertz CT molecular complexity index is 530. The van der Waals surface area contributed by atoms with Crippen molar-refractivity contribution in [2.24, 2.45) is 11.8 Å². The molecule has 0 saturated heterocycles. The Morgan fingerprint density at radius 1 is 1.55 bits per heavy atom. The molecule has 1 aromatic rings. The van der Waals surface area contributed by atoms with E-state index in [0.29, 0.717) is 17.8 Å². The molecule has 1 saturated carbocycles. The van der Waals surface area contributed by atoms with Crippen LogP contribution in [0.3, 0.4) is 0 Å². The van der Waals surface area contributed by atoms with E-state index >= 15 is 0 Å². The number of aromatic nitrogens is 1. The molecule has 20 heavy (non-hydrogen) atoms. The topological polar surface area (TPSA) is 83.5 Å². The van der Waals surface area contributed by atoms with Crippen LogP contribution in [0.15, 0.2) is 12.3 Å². The zero-order valence-corrected chi connectivity index (χ0v) is 11.6. The SMILES string of the molecule is COc1cc2c(cn1)[C@H](NC(=O)O)[C@@H](C)[C@H](C1CC1)N2. The van der Waals surface area contributed by atoms with Gasteiger partial charge in [0.2, 0.25) is 5.88 Å². The Hall–Kier alpha value is -1.98. The van der Waals surface area contributed by atoms with Gasteiger partial charge in [0.1, 0.15) is 0 Å². The van der Waals surface area contributed by atoms with Crippen molar-refractivity contribution in [3.63, 3.8) is 0 Å². The van der Waals surface area contributed by atoms with Crippen LogP contribution in [-0.4, -0.2) is 29.3 Å². The van der Waals surface area contributed by atoms with E-state index in [4.69, 9.17) is 9.84 Å². The average molecular weight is 277 g/mol. The molecule has 3 atom stereocenters. The molecule has 6 nitrogen and oxygen atoms in total. The fourth-order valence-electron chi connectivity index (χ4n) is 3.08. The van der Waals surface area contributed by atoms with E-state index in [9.17, 15) is 4.79 Å². The Labute approximate surface area is 117 Å². The van der Waals surface area contributed by atoms with E-state index in [0.717, 1.165) is 11.3 Å². The second-order valence-electron chi connectivity index (χ2n) is 5.61. The van der Waals surface area contributed by atoms with Gasteiger partial charge in [-0.1, -0.05) is 6.92 Å². The van der Waals surface area contributed by atoms with Crippen molar-refractivity contribution in [1.82, 2.24) is 10.3 Å². The second kappa shape index (κ2) is 4.85. The normalized spacial score (nSPS) is 28.2. The number of carbonyl (C=O) groups is 1. The van der Waals surface area contributed by atoms with Crippen molar-refractivity contribution < 1.29 is 14.6 Å². The van der Waals surface area contributed by atoms with Crippen LogP contribution in [0.25, 0.3) is 0 Å². The van der Waals surface area contributed by atoms with Crippen LogP contribution in [0.2, 0.25) is 0 Å². The number of ether oxygens (including phenoxy) is 1. The van der Waals surface area contributed by atoms with Gasteiger partial charge < -0.3 is 20.5 Å². The highest BCUT2D eigenvalue weighted by Gasteiger charge is 2.42. The Balaban J connectivity index is 1.97. The molecule has 0 aromatic carbocycles. The minimum absolute atomic E-state index is 0.196. The number of rotatable bonds is 3. The molecule has 2 heterocycles. The first-order valence-electron chi connectivity index (χ1n) is 6.90. The van der Waals surface area contributed by atoms with Gasteiger partial charge in [-0.05, 0) is 18.8 Å². The van der Waals surface area contributed by atoms with E-state index in [-0.39, 0.29) is 12.0 Å². The lowest BCUT2D eigenvalue weighted by molar-refractivity contribution is 0.181. The molecule has 108 valence electrons. The zero-order valence-electron chi connectivity index (χ0n) is 11.6. The first-order valence-corrected chi connectivity index (χ1v) is 6.90. The van der Waals surface area contributed by atoms with Crippen molar-refractivity contribution >= 4 is 11.8 Å². The summed E-state index contributed by atoms with van der Waals surface area (Å²) in [6.07, 6.45) is 3.11.